The third-order valence-corrected chi connectivity index (χ3v) is 4.90. The fourth-order valence-electron chi connectivity index (χ4n) is 4.09. The lowest BCUT2D eigenvalue weighted by Crippen LogP contribution is -2.37. The van der Waals surface area contributed by atoms with Gasteiger partial charge in [-0.2, -0.15) is 13.2 Å². The highest BCUT2D eigenvalue weighted by molar-refractivity contribution is 5.95. The average molecular weight is 344 g/mol. The molecule has 0 aliphatic heterocycles. The number of carbonyl (C=O) groups is 1. The summed E-state index contributed by atoms with van der Waals surface area (Å²) < 4.78 is 46.9. The minimum atomic E-state index is -4.61. The van der Waals surface area contributed by atoms with Gasteiger partial charge in [-0.3, -0.25) is 0 Å². The number of alkyl halides is 3. The molecule has 2 aromatic carbocycles. The van der Waals surface area contributed by atoms with Gasteiger partial charge in [-0.1, -0.05) is 48.5 Å². The van der Waals surface area contributed by atoms with Crippen molar-refractivity contribution in [2.75, 3.05) is 6.61 Å². The molecule has 5 rings (SSSR count). The number of ether oxygens (including phenoxy) is 1. The largest absolute Gasteiger partial charge is 0.463 e. The van der Waals surface area contributed by atoms with Gasteiger partial charge in [0.2, 0.25) is 0 Å². The average Bonchev–Trinajstić information content (AvgIpc) is 2.60. The molecule has 0 amide bonds. The SMILES string of the molecule is CCOC(=O)C1=C(C(F)(F)F)C2c3ccccc3C1c1ccccc12. The maximum atomic E-state index is 14.0. The molecule has 0 heterocycles. The van der Waals surface area contributed by atoms with E-state index in [4.69, 9.17) is 4.74 Å². The summed E-state index contributed by atoms with van der Waals surface area (Å²) in [6.07, 6.45) is -4.61. The number of benzene rings is 2. The molecule has 2 aromatic rings. The Hall–Kier alpha value is -2.56. The Morgan fingerprint density at radius 2 is 1.36 bits per heavy atom. The smallest absolute Gasteiger partial charge is 0.414 e. The van der Waals surface area contributed by atoms with Crippen LogP contribution in [0.25, 0.3) is 0 Å². The molecule has 0 atom stereocenters. The molecule has 0 unspecified atom stereocenters. The first kappa shape index (κ1) is 15.9. The van der Waals surface area contributed by atoms with Gasteiger partial charge in [-0.05, 0) is 29.2 Å². The van der Waals surface area contributed by atoms with Crippen LogP contribution in [0.5, 0.6) is 0 Å². The second-order valence-corrected chi connectivity index (χ2v) is 6.17. The summed E-state index contributed by atoms with van der Waals surface area (Å²) >= 11 is 0. The van der Waals surface area contributed by atoms with Crippen molar-refractivity contribution in [1.82, 2.24) is 0 Å². The summed E-state index contributed by atoms with van der Waals surface area (Å²) in [7, 11) is 0. The third-order valence-electron chi connectivity index (χ3n) is 4.90. The lowest BCUT2D eigenvalue weighted by Gasteiger charge is -2.43. The van der Waals surface area contributed by atoms with E-state index in [1.165, 1.54) is 0 Å². The zero-order valence-corrected chi connectivity index (χ0v) is 13.4. The highest BCUT2D eigenvalue weighted by atomic mass is 19.4. The van der Waals surface area contributed by atoms with Crippen LogP contribution in [0.15, 0.2) is 59.7 Å². The summed E-state index contributed by atoms with van der Waals surface area (Å²) in [5, 5.41) is 0. The molecule has 2 bridgehead atoms. The summed E-state index contributed by atoms with van der Waals surface area (Å²) in [4.78, 5) is 12.5. The maximum absolute atomic E-state index is 14.0. The van der Waals surface area contributed by atoms with E-state index < -0.39 is 29.6 Å². The molecule has 0 N–H and O–H groups in total. The summed E-state index contributed by atoms with van der Waals surface area (Å²) in [6.45, 7) is 1.63. The molecular formula is C20H15F3O2. The van der Waals surface area contributed by atoms with E-state index in [-0.39, 0.29) is 12.2 Å². The van der Waals surface area contributed by atoms with Gasteiger partial charge in [-0.25, -0.2) is 4.79 Å². The zero-order valence-electron chi connectivity index (χ0n) is 13.4. The van der Waals surface area contributed by atoms with Crippen LogP contribution in [0.3, 0.4) is 0 Å². The van der Waals surface area contributed by atoms with Gasteiger partial charge in [-0.15, -0.1) is 0 Å². The molecule has 3 aliphatic carbocycles. The van der Waals surface area contributed by atoms with E-state index in [0.717, 1.165) is 11.1 Å². The van der Waals surface area contributed by atoms with Crippen LogP contribution in [0.1, 0.15) is 41.0 Å². The summed E-state index contributed by atoms with van der Waals surface area (Å²) in [5.74, 6) is -2.61. The fraction of sp³-hybridized carbons (Fsp3) is 0.250. The van der Waals surface area contributed by atoms with Gasteiger partial charge >= 0.3 is 12.1 Å². The monoisotopic (exact) mass is 344 g/mol. The Balaban J connectivity index is 2.06. The number of allylic oxidation sites excluding steroid dienone is 1. The molecule has 0 spiro atoms. The second kappa shape index (κ2) is 5.48. The van der Waals surface area contributed by atoms with Crippen LogP contribution < -0.4 is 0 Å². The van der Waals surface area contributed by atoms with Gasteiger partial charge in [0.15, 0.2) is 0 Å². The van der Waals surface area contributed by atoms with Crippen molar-refractivity contribution in [3.05, 3.63) is 81.9 Å². The molecular weight excluding hydrogens is 329 g/mol. The van der Waals surface area contributed by atoms with Crippen LogP contribution in [-0.4, -0.2) is 18.8 Å². The van der Waals surface area contributed by atoms with Crippen molar-refractivity contribution < 1.29 is 22.7 Å². The van der Waals surface area contributed by atoms with Gasteiger partial charge in [0.25, 0.3) is 0 Å². The number of rotatable bonds is 2. The van der Waals surface area contributed by atoms with E-state index in [2.05, 4.69) is 0 Å². The first-order valence-corrected chi connectivity index (χ1v) is 8.11. The first-order valence-electron chi connectivity index (χ1n) is 8.11. The van der Waals surface area contributed by atoms with E-state index in [1.807, 2.05) is 0 Å². The molecule has 25 heavy (non-hydrogen) atoms. The molecule has 128 valence electrons. The van der Waals surface area contributed by atoms with Gasteiger partial charge in [0.1, 0.15) is 0 Å². The Bertz CT molecular complexity index is 848. The number of carbonyl (C=O) groups excluding carboxylic acids is 1. The van der Waals surface area contributed by atoms with Crippen LogP contribution in [-0.2, 0) is 9.53 Å². The molecule has 2 nitrogen and oxygen atoms in total. The number of esters is 1. The topological polar surface area (TPSA) is 26.3 Å². The fourth-order valence-corrected chi connectivity index (χ4v) is 4.09. The maximum Gasteiger partial charge on any atom is 0.414 e. The molecule has 0 aromatic heterocycles. The predicted octanol–water partition coefficient (Wildman–Crippen LogP) is 4.70. The van der Waals surface area contributed by atoms with Crippen LogP contribution in [0.4, 0.5) is 13.2 Å². The number of halogens is 3. The second-order valence-electron chi connectivity index (χ2n) is 6.17. The lowest BCUT2D eigenvalue weighted by atomic mass is 9.61. The third kappa shape index (κ3) is 2.22. The number of hydrogen-bond acceptors (Lipinski definition) is 2. The van der Waals surface area contributed by atoms with Crippen LogP contribution in [0.2, 0.25) is 0 Å². The summed E-state index contributed by atoms with van der Waals surface area (Å²) in [5.41, 5.74) is 1.69. The van der Waals surface area contributed by atoms with Crippen LogP contribution >= 0.6 is 0 Å². The van der Waals surface area contributed by atoms with E-state index >= 15 is 0 Å². The van der Waals surface area contributed by atoms with Gasteiger partial charge < -0.3 is 4.74 Å². The van der Waals surface area contributed by atoms with Gasteiger partial charge in [0, 0.05) is 11.8 Å². The molecule has 5 heteroatoms. The van der Waals surface area contributed by atoms with Crippen molar-refractivity contribution in [3.8, 4) is 0 Å². The van der Waals surface area contributed by atoms with Crippen molar-refractivity contribution in [1.29, 1.82) is 0 Å². The molecule has 0 saturated carbocycles. The Morgan fingerprint density at radius 3 is 1.76 bits per heavy atom. The Labute approximate surface area is 142 Å². The van der Waals surface area contributed by atoms with Crippen molar-refractivity contribution in [2.24, 2.45) is 0 Å². The van der Waals surface area contributed by atoms with E-state index in [1.54, 1.807) is 55.5 Å². The minimum absolute atomic E-state index is 0.0359. The Kier molecular flexibility index (Phi) is 3.49. The lowest BCUT2D eigenvalue weighted by molar-refractivity contribution is -0.140. The highest BCUT2D eigenvalue weighted by Gasteiger charge is 2.53. The molecule has 0 fully saturated rings. The van der Waals surface area contributed by atoms with Crippen LogP contribution in [0, 0.1) is 0 Å². The quantitative estimate of drug-likeness (QED) is 0.738. The van der Waals surface area contributed by atoms with Crippen molar-refractivity contribution in [2.45, 2.75) is 24.9 Å². The standard InChI is InChI=1S/C20H15F3O2/c1-2-25-19(24)17-15-11-7-3-5-9-13(11)16(18(17)20(21,22)23)14-10-6-4-8-12(14)15/h3-10,15-16H,2H2,1H3. The van der Waals surface area contributed by atoms with E-state index in [9.17, 15) is 18.0 Å². The van der Waals surface area contributed by atoms with E-state index in [0.29, 0.717) is 11.1 Å². The van der Waals surface area contributed by atoms with Crippen molar-refractivity contribution >= 4 is 5.97 Å². The Morgan fingerprint density at radius 1 is 0.920 bits per heavy atom. The zero-order chi connectivity index (χ0) is 17.8. The predicted molar refractivity (Wildman–Crippen MR) is 86.3 cm³/mol. The minimum Gasteiger partial charge on any atom is -0.463 e. The molecule has 0 radical (unpaired) electrons. The van der Waals surface area contributed by atoms with Gasteiger partial charge in [0.05, 0.1) is 17.8 Å². The van der Waals surface area contributed by atoms with Crippen molar-refractivity contribution in [3.63, 3.8) is 0 Å². The number of hydrogen-bond donors (Lipinski definition) is 0. The first-order chi connectivity index (χ1) is 11.9. The summed E-state index contributed by atoms with van der Waals surface area (Å²) in [6, 6.07) is 14.1. The molecule has 3 aliphatic rings. The highest BCUT2D eigenvalue weighted by Crippen LogP contribution is 2.59. The molecule has 0 saturated heterocycles. The normalized spacial score (nSPS) is 21.0.